The first-order chi connectivity index (χ1) is 10.9. The van der Waals surface area contributed by atoms with Crippen LogP contribution in [0.3, 0.4) is 0 Å². The monoisotopic (exact) mass is 351 g/mol. The summed E-state index contributed by atoms with van der Waals surface area (Å²) in [5, 5.41) is 1.17. The van der Waals surface area contributed by atoms with E-state index in [1.807, 2.05) is 44.1 Å². The highest BCUT2D eigenvalue weighted by Gasteiger charge is 2.12. The highest BCUT2D eigenvalue weighted by molar-refractivity contribution is 6.36. The summed E-state index contributed by atoms with van der Waals surface area (Å²) in [7, 11) is 3.90. The first kappa shape index (κ1) is 17.8. The minimum atomic E-state index is -0.326. The van der Waals surface area contributed by atoms with E-state index in [1.54, 1.807) is 24.3 Å². The summed E-state index contributed by atoms with van der Waals surface area (Å²) in [6, 6.07) is 12.7. The van der Waals surface area contributed by atoms with Gasteiger partial charge in [-0.15, -0.1) is 0 Å². The number of nitrogens with zero attached hydrogens (tertiary/aromatic N) is 1. The molecule has 2 aromatic carbocycles. The maximum absolute atomic E-state index is 12.0. The van der Waals surface area contributed by atoms with E-state index in [1.165, 1.54) is 0 Å². The number of carbonyl (C=O) groups excluding carboxylic acids is 1. The lowest BCUT2D eigenvalue weighted by Gasteiger charge is -2.19. The van der Waals surface area contributed by atoms with Crippen LogP contribution in [0, 0.1) is 0 Å². The third kappa shape index (κ3) is 4.71. The predicted molar refractivity (Wildman–Crippen MR) is 95.3 cm³/mol. The Bertz CT molecular complexity index is 684. The molecule has 0 heterocycles. The molecule has 0 aromatic heterocycles. The zero-order valence-electron chi connectivity index (χ0n) is 13.3. The van der Waals surface area contributed by atoms with Crippen molar-refractivity contribution in [3.8, 4) is 11.1 Å². The fourth-order valence-corrected chi connectivity index (χ4v) is 2.46. The molecule has 122 valence electrons. The normalized spacial score (nSPS) is 12.3. The quantitative estimate of drug-likeness (QED) is 0.726. The lowest BCUT2D eigenvalue weighted by molar-refractivity contribution is 0.0416. The molecule has 0 fully saturated rings. The first-order valence-electron chi connectivity index (χ1n) is 7.27. The van der Waals surface area contributed by atoms with Gasteiger partial charge in [-0.3, -0.25) is 0 Å². The molecule has 23 heavy (non-hydrogen) atoms. The molecule has 1 atom stereocenters. The van der Waals surface area contributed by atoms with Gasteiger partial charge in [-0.1, -0.05) is 41.4 Å². The molecule has 0 amide bonds. The Morgan fingerprint density at radius 3 is 2.35 bits per heavy atom. The SMILES string of the molecule is CC(COC(=O)c1ccc(-c2ccc(Cl)cc2Cl)cc1)N(C)C. The van der Waals surface area contributed by atoms with Gasteiger partial charge in [-0.2, -0.15) is 0 Å². The number of rotatable bonds is 5. The summed E-state index contributed by atoms with van der Waals surface area (Å²) in [6.45, 7) is 2.36. The van der Waals surface area contributed by atoms with Gasteiger partial charge >= 0.3 is 5.97 Å². The molecule has 0 saturated carbocycles. The zero-order chi connectivity index (χ0) is 17.0. The summed E-state index contributed by atoms with van der Waals surface area (Å²) < 4.78 is 5.31. The number of halogens is 2. The van der Waals surface area contributed by atoms with Gasteiger partial charge in [-0.05, 0) is 50.8 Å². The number of hydrogen-bond donors (Lipinski definition) is 0. The standard InChI is InChI=1S/C18H19Cl2NO2/c1-12(21(2)3)11-23-18(22)14-6-4-13(5-7-14)16-9-8-15(19)10-17(16)20/h4-10,12H,11H2,1-3H3. The van der Waals surface area contributed by atoms with Crippen LogP contribution in [-0.2, 0) is 4.74 Å². The van der Waals surface area contributed by atoms with Gasteiger partial charge in [0.05, 0.1) is 5.56 Å². The Hall–Kier alpha value is -1.55. The molecule has 0 spiro atoms. The van der Waals surface area contributed by atoms with E-state index in [9.17, 15) is 4.79 Å². The Morgan fingerprint density at radius 1 is 1.13 bits per heavy atom. The van der Waals surface area contributed by atoms with E-state index in [0.717, 1.165) is 11.1 Å². The van der Waals surface area contributed by atoms with Gasteiger partial charge in [0, 0.05) is 21.7 Å². The Balaban J connectivity index is 2.08. The van der Waals surface area contributed by atoms with E-state index in [-0.39, 0.29) is 12.0 Å². The molecule has 0 aliphatic heterocycles. The van der Waals surface area contributed by atoms with Crippen LogP contribution in [0.1, 0.15) is 17.3 Å². The average Bonchev–Trinajstić information content (AvgIpc) is 2.52. The van der Waals surface area contributed by atoms with Crippen molar-refractivity contribution in [2.75, 3.05) is 20.7 Å². The van der Waals surface area contributed by atoms with Crippen LogP contribution in [0.2, 0.25) is 10.0 Å². The molecule has 2 aromatic rings. The molecule has 0 aliphatic rings. The Kier molecular flexibility index (Phi) is 6.05. The van der Waals surface area contributed by atoms with Crippen molar-refractivity contribution in [1.82, 2.24) is 4.90 Å². The number of ether oxygens (including phenoxy) is 1. The number of carbonyl (C=O) groups is 1. The molecular weight excluding hydrogens is 333 g/mol. The molecule has 2 rings (SSSR count). The molecule has 0 saturated heterocycles. The number of likely N-dealkylation sites (N-methyl/N-ethyl adjacent to an activating group) is 1. The van der Waals surface area contributed by atoms with Crippen molar-refractivity contribution in [1.29, 1.82) is 0 Å². The van der Waals surface area contributed by atoms with Crippen LogP contribution in [-0.4, -0.2) is 37.6 Å². The zero-order valence-corrected chi connectivity index (χ0v) is 14.9. The van der Waals surface area contributed by atoms with Gasteiger partial charge in [-0.25, -0.2) is 4.79 Å². The van der Waals surface area contributed by atoms with Gasteiger partial charge in [0.15, 0.2) is 0 Å². The van der Waals surface area contributed by atoms with Crippen molar-refractivity contribution >= 4 is 29.2 Å². The first-order valence-corrected chi connectivity index (χ1v) is 8.03. The fraction of sp³-hybridized carbons (Fsp3) is 0.278. The van der Waals surface area contributed by atoms with E-state index in [0.29, 0.717) is 22.2 Å². The molecule has 1 unspecified atom stereocenters. The Labute approximate surface area is 146 Å². The second-order valence-electron chi connectivity index (χ2n) is 5.61. The summed E-state index contributed by atoms with van der Waals surface area (Å²) in [4.78, 5) is 14.0. The molecule has 3 nitrogen and oxygen atoms in total. The smallest absolute Gasteiger partial charge is 0.338 e. The third-order valence-corrected chi connectivity index (χ3v) is 4.25. The molecule has 0 aliphatic carbocycles. The van der Waals surface area contributed by atoms with Crippen LogP contribution < -0.4 is 0 Å². The predicted octanol–water partition coefficient (Wildman–Crippen LogP) is 4.77. The molecule has 0 radical (unpaired) electrons. The second kappa shape index (κ2) is 7.82. The second-order valence-corrected chi connectivity index (χ2v) is 6.46. The van der Waals surface area contributed by atoms with E-state index in [2.05, 4.69) is 0 Å². The molecular formula is C18H19Cl2NO2. The molecule has 5 heteroatoms. The highest BCUT2D eigenvalue weighted by atomic mass is 35.5. The topological polar surface area (TPSA) is 29.5 Å². The van der Waals surface area contributed by atoms with Crippen LogP contribution in [0.25, 0.3) is 11.1 Å². The third-order valence-electron chi connectivity index (χ3n) is 3.70. The van der Waals surface area contributed by atoms with Crippen molar-refractivity contribution in [3.63, 3.8) is 0 Å². The van der Waals surface area contributed by atoms with E-state index >= 15 is 0 Å². The van der Waals surface area contributed by atoms with Crippen molar-refractivity contribution < 1.29 is 9.53 Å². The highest BCUT2D eigenvalue weighted by Crippen LogP contribution is 2.30. The minimum absolute atomic E-state index is 0.172. The molecule has 0 N–H and O–H groups in total. The van der Waals surface area contributed by atoms with Crippen LogP contribution in [0.4, 0.5) is 0 Å². The summed E-state index contributed by atoms with van der Waals surface area (Å²) >= 11 is 12.1. The van der Waals surface area contributed by atoms with Crippen LogP contribution >= 0.6 is 23.2 Å². The largest absolute Gasteiger partial charge is 0.460 e. The van der Waals surface area contributed by atoms with E-state index in [4.69, 9.17) is 27.9 Å². The van der Waals surface area contributed by atoms with Crippen molar-refractivity contribution in [2.45, 2.75) is 13.0 Å². The van der Waals surface area contributed by atoms with Gasteiger partial charge in [0.25, 0.3) is 0 Å². The maximum atomic E-state index is 12.0. The minimum Gasteiger partial charge on any atom is -0.460 e. The fourth-order valence-electron chi connectivity index (χ4n) is 1.94. The van der Waals surface area contributed by atoms with Crippen LogP contribution in [0.5, 0.6) is 0 Å². The molecule has 0 bridgehead atoms. The van der Waals surface area contributed by atoms with Gasteiger partial charge in [0.2, 0.25) is 0 Å². The lowest BCUT2D eigenvalue weighted by atomic mass is 10.0. The maximum Gasteiger partial charge on any atom is 0.338 e. The number of benzene rings is 2. The van der Waals surface area contributed by atoms with E-state index < -0.39 is 0 Å². The summed E-state index contributed by atoms with van der Waals surface area (Å²) in [6.07, 6.45) is 0. The lowest BCUT2D eigenvalue weighted by Crippen LogP contribution is -2.30. The van der Waals surface area contributed by atoms with Crippen LogP contribution in [0.15, 0.2) is 42.5 Å². The summed E-state index contributed by atoms with van der Waals surface area (Å²) in [5.74, 6) is -0.326. The van der Waals surface area contributed by atoms with Gasteiger partial charge in [0.1, 0.15) is 6.61 Å². The van der Waals surface area contributed by atoms with Crippen molar-refractivity contribution in [2.24, 2.45) is 0 Å². The van der Waals surface area contributed by atoms with Crippen molar-refractivity contribution in [3.05, 3.63) is 58.1 Å². The summed E-state index contributed by atoms with van der Waals surface area (Å²) in [5.41, 5.74) is 2.31. The number of esters is 1. The number of hydrogen-bond acceptors (Lipinski definition) is 3. The van der Waals surface area contributed by atoms with Gasteiger partial charge < -0.3 is 9.64 Å². The Morgan fingerprint density at radius 2 is 1.78 bits per heavy atom. The average molecular weight is 352 g/mol.